The molecule has 0 bridgehead atoms. The number of hydrogen-bond donors (Lipinski definition) is 1. The molecule has 33 heavy (non-hydrogen) atoms. The first-order valence-corrected chi connectivity index (χ1v) is 13.4. The van der Waals surface area contributed by atoms with Crippen LogP contribution in [0.4, 0.5) is 10.1 Å². The number of rotatable bonds is 6. The maximum absolute atomic E-state index is 13.8. The summed E-state index contributed by atoms with van der Waals surface area (Å²) in [5.41, 5.74) is 3.36. The molecule has 1 atom stereocenters. The third-order valence-electron chi connectivity index (χ3n) is 5.20. The van der Waals surface area contributed by atoms with E-state index in [1.165, 1.54) is 18.2 Å². The van der Waals surface area contributed by atoms with E-state index < -0.39 is 31.9 Å². The third-order valence-corrected chi connectivity index (χ3v) is 7.48. The molecule has 0 unspecified atom stereocenters. The molecule has 1 N–H and O–H groups in total. The average Bonchev–Trinajstić information content (AvgIpc) is 3.20. The van der Waals surface area contributed by atoms with E-state index in [-0.39, 0.29) is 4.90 Å². The summed E-state index contributed by atoms with van der Waals surface area (Å²) < 4.78 is 66.9. The first-order valence-electron chi connectivity index (χ1n) is 10.1. The smallest absolute Gasteiger partial charge is 0.279 e. The summed E-state index contributed by atoms with van der Waals surface area (Å²) in [5, 5.41) is 4.42. The van der Waals surface area contributed by atoms with Crippen molar-refractivity contribution in [2.45, 2.75) is 24.3 Å². The molecule has 0 aromatic heterocycles. The molecule has 0 spiro atoms. The molecule has 172 valence electrons. The Morgan fingerprint density at radius 2 is 1.64 bits per heavy atom. The maximum atomic E-state index is 13.8. The summed E-state index contributed by atoms with van der Waals surface area (Å²) in [4.78, 5) is -0.183. The number of aryl methyl sites for hydroxylation is 1. The average molecular weight is 488 g/mol. The Morgan fingerprint density at radius 3 is 2.24 bits per heavy atom. The van der Waals surface area contributed by atoms with Crippen LogP contribution in [0.5, 0.6) is 0 Å². The summed E-state index contributed by atoms with van der Waals surface area (Å²) in [6.45, 7) is 1.94. The first kappa shape index (κ1) is 22.9. The molecule has 0 saturated carbocycles. The largest absolute Gasteiger partial charge is 0.284 e. The Morgan fingerprint density at radius 1 is 0.970 bits per heavy atom. The van der Waals surface area contributed by atoms with Crippen molar-refractivity contribution in [3.63, 3.8) is 0 Å². The second-order valence-electron chi connectivity index (χ2n) is 7.86. The van der Waals surface area contributed by atoms with Gasteiger partial charge in [-0.1, -0.05) is 48.0 Å². The van der Waals surface area contributed by atoms with Crippen LogP contribution in [0.25, 0.3) is 0 Å². The molecule has 3 aromatic carbocycles. The van der Waals surface area contributed by atoms with Gasteiger partial charge in [-0.3, -0.25) is 4.72 Å². The predicted octanol–water partition coefficient (Wildman–Crippen LogP) is 4.05. The zero-order valence-corrected chi connectivity index (χ0v) is 19.6. The van der Waals surface area contributed by atoms with E-state index in [0.717, 1.165) is 27.9 Å². The number of nitrogens with zero attached hydrogens (tertiary/aromatic N) is 2. The van der Waals surface area contributed by atoms with E-state index in [0.29, 0.717) is 23.4 Å². The van der Waals surface area contributed by atoms with Crippen molar-refractivity contribution in [3.8, 4) is 0 Å². The quantitative estimate of drug-likeness (QED) is 0.568. The molecule has 1 heterocycles. The molecule has 7 nitrogen and oxygen atoms in total. The van der Waals surface area contributed by atoms with E-state index >= 15 is 0 Å². The lowest BCUT2D eigenvalue weighted by Crippen LogP contribution is -2.27. The van der Waals surface area contributed by atoms with Crippen LogP contribution in [0.15, 0.2) is 82.8 Å². The zero-order valence-electron chi connectivity index (χ0n) is 17.9. The van der Waals surface area contributed by atoms with Gasteiger partial charge in [0.2, 0.25) is 10.0 Å². The van der Waals surface area contributed by atoms with Gasteiger partial charge >= 0.3 is 0 Å². The lowest BCUT2D eigenvalue weighted by atomic mass is 9.98. The highest BCUT2D eigenvalue weighted by molar-refractivity contribution is 7.92. The fourth-order valence-corrected chi connectivity index (χ4v) is 5.63. The van der Waals surface area contributed by atoms with Crippen molar-refractivity contribution >= 4 is 31.4 Å². The molecule has 10 heteroatoms. The standard InChI is InChI=1S/C23H22FN3O4S2/c1-16-6-8-18(9-7-16)23-15-22(17-10-12-20(13-11-17)26-32(2,28)29)25-27(23)33(30,31)21-5-3-4-19(24)14-21/h3-14,23,26H,15H2,1-2H3/t23-/m0/s1. The number of halogens is 1. The number of anilines is 1. The van der Waals surface area contributed by atoms with Gasteiger partial charge in [-0.25, -0.2) is 12.8 Å². The number of nitrogens with one attached hydrogen (secondary N) is 1. The predicted molar refractivity (Wildman–Crippen MR) is 125 cm³/mol. The van der Waals surface area contributed by atoms with Crippen LogP contribution in [-0.2, 0) is 20.0 Å². The minimum atomic E-state index is -4.13. The Balaban J connectivity index is 1.74. The summed E-state index contributed by atoms with van der Waals surface area (Å²) in [7, 11) is -7.55. The molecular weight excluding hydrogens is 465 g/mol. The van der Waals surface area contributed by atoms with E-state index in [1.807, 2.05) is 31.2 Å². The molecular formula is C23H22FN3O4S2. The van der Waals surface area contributed by atoms with Crippen molar-refractivity contribution in [2.24, 2.45) is 5.10 Å². The molecule has 0 amide bonds. The highest BCUT2D eigenvalue weighted by atomic mass is 32.2. The van der Waals surface area contributed by atoms with Crippen LogP contribution in [0.2, 0.25) is 0 Å². The van der Waals surface area contributed by atoms with Gasteiger partial charge in [0.25, 0.3) is 10.0 Å². The van der Waals surface area contributed by atoms with Gasteiger partial charge in [0.1, 0.15) is 5.82 Å². The molecule has 0 saturated heterocycles. The topological polar surface area (TPSA) is 95.9 Å². The molecule has 3 aromatic rings. The fraction of sp³-hybridized carbons (Fsp3) is 0.174. The first-order chi connectivity index (χ1) is 15.5. The monoisotopic (exact) mass is 487 g/mol. The van der Waals surface area contributed by atoms with Crippen molar-refractivity contribution < 1.29 is 21.2 Å². The minimum Gasteiger partial charge on any atom is -0.284 e. The highest BCUT2D eigenvalue weighted by Gasteiger charge is 2.37. The Bertz CT molecular complexity index is 1420. The van der Waals surface area contributed by atoms with E-state index in [4.69, 9.17) is 0 Å². The number of hydrazone groups is 1. The van der Waals surface area contributed by atoms with Gasteiger partial charge < -0.3 is 0 Å². The molecule has 4 rings (SSSR count). The van der Waals surface area contributed by atoms with Gasteiger partial charge in [-0.15, -0.1) is 0 Å². The lowest BCUT2D eigenvalue weighted by molar-refractivity contribution is 0.371. The summed E-state index contributed by atoms with van der Waals surface area (Å²) in [6, 6.07) is 18.3. The second kappa shape index (κ2) is 8.60. The molecule has 0 aliphatic carbocycles. The van der Waals surface area contributed by atoms with Crippen molar-refractivity contribution in [1.82, 2.24) is 4.41 Å². The van der Waals surface area contributed by atoms with Crippen LogP contribution in [-0.4, -0.2) is 33.2 Å². The second-order valence-corrected chi connectivity index (χ2v) is 11.4. The van der Waals surface area contributed by atoms with Crippen molar-refractivity contribution in [1.29, 1.82) is 0 Å². The fourth-order valence-electron chi connectivity index (χ4n) is 3.60. The van der Waals surface area contributed by atoms with Crippen LogP contribution in [0.1, 0.15) is 29.2 Å². The highest BCUT2D eigenvalue weighted by Crippen LogP contribution is 2.37. The summed E-state index contributed by atoms with van der Waals surface area (Å²) >= 11 is 0. The van der Waals surface area contributed by atoms with Gasteiger partial charge in [-0.05, 0) is 48.4 Å². The van der Waals surface area contributed by atoms with Gasteiger partial charge in [-0.2, -0.15) is 17.9 Å². The van der Waals surface area contributed by atoms with Crippen molar-refractivity contribution in [2.75, 3.05) is 11.0 Å². The molecule has 0 fully saturated rings. The van der Waals surface area contributed by atoms with Crippen LogP contribution in [0, 0.1) is 12.7 Å². The van der Waals surface area contributed by atoms with Crippen LogP contribution in [0.3, 0.4) is 0 Å². The van der Waals surface area contributed by atoms with Gasteiger partial charge in [0.05, 0.1) is 22.9 Å². The van der Waals surface area contributed by atoms with Crippen LogP contribution >= 0.6 is 0 Å². The minimum absolute atomic E-state index is 0.183. The van der Waals surface area contributed by atoms with Gasteiger partial charge in [0, 0.05) is 12.1 Å². The lowest BCUT2D eigenvalue weighted by Gasteiger charge is -2.23. The van der Waals surface area contributed by atoms with E-state index in [2.05, 4.69) is 9.82 Å². The maximum Gasteiger partial charge on any atom is 0.279 e. The zero-order chi connectivity index (χ0) is 23.8. The third kappa shape index (κ3) is 5.07. The summed E-state index contributed by atoms with van der Waals surface area (Å²) in [6.07, 6.45) is 1.36. The molecule has 0 radical (unpaired) electrons. The van der Waals surface area contributed by atoms with Crippen molar-refractivity contribution in [3.05, 3.63) is 95.3 Å². The summed E-state index contributed by atoms with van der Waals surface area (Å²) in [5.74, 6) is -0.652. The SMILES string of the molecule is Cc1ccc([C@@H]2CC(c3ccc(NS(C)(=O)=O)cc3)=NN2S(=O)(=O)c2cccc(F)c2)cc1. The van der Waals surface area contributed by atoms with E-state index in [9.17, 15) is 21.2 Å². The Labute approximate surface area is 192 Å². The normalized spacial score (nSPS) is 16.5. The number of benzene rings is 3. The Kier molecular flexibility index (Phi) is 5.98. The van der Waals surface area contributed by atoms with Gasteiger partial charge in [0.15, 0.2) is 0 Å². The van der Waals surface area contributed by atoms with E-state index in [1.54, 1.807) is 24.3 Å². The molecule has 1 aliphatic heterocycles. The number of hydrogen-bond acceptors (Lipinski definition) is 5. The van der Waals surface area contributed by atoms with Crippen LogP contribution < -0.4 is 4.72 Å². The number of sulfonamides is 2. The molecule has 1 aliphatic rings. The Hall–Kier alpha value is -3.24.